The monoisotopic (exact) mass is 396 g/mol. The first-order valence-corrected chi connectivity index (χ1v) is 8.57. The van der Waals surface area contributed by atoms with Gasteiger partial charge in [-0.1, -0.05) is 49.0 Å². The smallest absolute Gasteiger partial charge is 0.322 e. The van der Waals surface area contributed by atoms with Crippen molar-refractivity contribution >= 4 is 41.1 Å². The van der Waals surface area contributed by atoms with Gasteiger partial charge in [0, 0.05) is 0 Å². The Morgan fingerprint density at radius 3 is 2.58 bits per heavy atom. The molecular weight excluding hydrogens is 379 g/mol. The van der Waals surface area contributed by atoms with Crippen LogP contribution >= 0.6 is 23.2 Å². The number of nitrogens with one attached hydrogen (secondary N) is 2. The molecule has 1 saturated heterocycles. The van der Waals surface area contributed by atoms with Crippen molar-refractivity contribution in [3.05, 3.63) is 33.8 Å². The number of terminal acetylenes is 1. The molecule has 2 atom stereocenters. The zero-order chi connectivity index (χ0) is 19.5. The van der Waals surface area contributed by atoms with Crippen LogP contribution in [0.3, 0.4) is 0 Å². The first-order valence-electron chi connectivity index (χ1n) is 7.82. The number of rotatable bonds is 6. The fraction of sp³-hybridized carbons (Fsp3) is 0.389. The molecule has 3 amide bonds. The van der Waals surface area contributed by atoms with Crippen LogP contribution in [0.15, 0.2) is 18.2 Å². The number of ether oxygens (including phenoxy) is 1. The van der Waals surface area contributed by atoms with E-state index >= 15 is 0 Å². The molecular formula is C18H18Cl2N2O4. The Bertz CT molecular complexity index is 786. The maximum Gasteiger partial charge on any atom is 0.322 e. The summed E-state index contributed by atoms with van der Waals surface area (Å²) in [7, 11) is 0. The molecule has 0 bridgehead atoms. The van der Waals surface area contributed by atoms with Crippen LogP contribution in [-0.2, 0) is 14.3 Å². The molecule has 1 aromatic carbocycles. The molecule has 0 spiro atoms. The highest BCUT2D eigenvalue weighted by molar-refractivity contribution is 6.42. The van der Waals surface area contributed by atoms with Crippen LogP contribution in [0.2, 0.25) is 10.0 Å². The lowest BCUT2D eigenvalue weighted by Crippen LogP contribution is -2.39. The topological polar surface area (TPSA) is 84.5 Å². The highest BCUT2D eigenvalue weighted by Crippen LogP contribution is 2.42. The minimum atomic E-state index is -0.768. The first-order chi connectivity index (χ1) is 12.2. The van der Waals surface area contributed by atoms with Gasteiger partial charge in [0.15, 0.2) is 6.61 Å². The van der Waals surface area contributed by atoms with Gasteiger partial charge in [-0.15, -0.1) is 6.42 Å². The minimum absolute atomic E-state index is 0.173. The van der Waals surface area contributed by atoms with E-state index in [1.807, 2.05) is 0 Å². The van der Waals surface area contributed by atoms with E-state index < -0.39 is 35.3 Å². The van der Waals surface area contributed by atoms with E-state index in [1.54, 1.807) is 32.0 Å². The Balaban J connectivity index is 2.36. The van der Waals surface area contributed by atoms with E-state index in [2.05, 4.69) is 16.6 Å². The van der Waals surface area contributed by atoms with Crippen LogP contribution in [0.5, 0.6) is 0 Å². The van der Waals surface area contributed by atoms with Gasteiger partial charge in [0.1, 0.15) is 6.04 Å². The fourth-order valence-electron chi connectivity index (χ4n) is 3.04. The van der Waals surface area contributed by atoms with Gasteiger partial charge in [-0.3, -0.25) is 14.9 Å². The van der Waals surface area contributed by atoms with Crippen LogP contribution in [0.4, 0.5) is 4.79 Å². The second-order valence-corrected chi connectivity index (χ2v) is 7.44. The summed E-state index contributed by atoms with van der Waals surface area (Å²) in [5.41, 5.74) is -0.182. The minimum Gasteiger partial charge on any atom is -0.452 e. The molecule has 0 aromatic heterocycles. The number of carbonyl (C=O) groups excluding carboxylic acids is 3. The maximum absolute atomic E-state index is 12.7. The third kappa shape index (κ3) is 4.48. The Morgan fingerprint density at radius 1 is 1.35 bits per heavy atom. The summed E-state index contributed by atoms with van der Waals surface area (Å²) in [6.45, 7) is 3.43. The van der Waals surface area contributed by atoms with Crippen molar-refractivity contribution in [2.75, 3.05) is 6.61 Å². The van der Waals surface area contributed by atoms with Crippen molar-refractivity contribution in [3.8, 4) is 12.3 Å². The van der Waals surface area contributed by atoms with Crippen LogP contribution in [0.25, 0.3) is 0 Å². The third-order valence-electron chi connectivity index (χ3n) is 4.18. The summed E-state index contributed by atoms with van der Waals surface area (Å²) >= 11 is 12.1. The van der Waals surface area contributed by atoms with Gasteiger partial charge >= 0.3 is 12.0 Å². The third-order valence-corrected chi connectivity index (χ3v) is 4.92. The quantitative estimate of drug-likeness (QED) is 0.439. The van der Waals surface area contributed by atoms with E-state index in [9.17, 15) is 14.4 Å². The van der Waals surface area contributed by atoms with Crippen molar-refractivity contribution in [3.63, 3.8) is 0 Å². The number of urea groups is 1. The summed E-state index contributed by atoms with van der Waals surface area (Å²) in [4.78, 5) is 35.9. The largest absolute Gasteiger partial charge is 0.452 e. The number of hydrogen-bond donors (Lipinski definition) is 2. The Labute approximate surface area is 161 Å². The second-order valence-electron chi connectivity index (χ2n) is 6.63. The van der Waals surface area contributed by atoms with Crippen LogP contribution < -0.4 is 10.6 Å². The zero-order valence-electron chi connectivity index (χ0n) is 14.3. The number of halogens is 2. The molecule has 0 aliphatic carbocycles. The first kappa shape index (κ1) is 20.1. The van der Waals surface area contributed by atoms with Crippen molar-refractivity contribution < 1.29 is 19.1 Å². The number of benzene rings is 1. The van der Waals surface area contributed by atoms with E-state index in [-0.39, 0.29) is 13.0 Å². The van der Waals surface area contributed by atoms with E-state index in [0.717, 1.165) is 0 Å². The highest BCUT2D eigenvalue weighted by atomic mass is 35.5. The summed E-state index contributed by atoms with van der Waals surface area (Å²) < 4.78 is 5.14. The lowest BCUT2D eigenvalue weighted by atomic mass is 9.71. The van der Waals surface area contributed by atoms with E-state index in [1.165, 1.54) is 0 Å². The van der Waals surface area contributed by atoms with Gasteiger partial charge in [-0.2, -0.15) is 0 Å². The van der Waals surface area contributed by atoms with Crippen molar-refractivity contribution in [2.24, 2.45) is 5.41 Å². The number of hydrogen-bond acceptors (Lipinski definition) is 4. The molecule has 2 unspecified atom stereocenters. The van der Waals surface area contributed by atoms with Gasteiger partial charge in [0.2, 0.25) is 0 Å². The molecule has 1 aromatic rings. The van der Waals surface area contributed by atoms with Crippen LogP contribution in [-0.4, -0.2) is 30.6 Å². The summed E-state index contributed by atoms with van der Waals surface area (Å²) in [6, 6.07) is 3.53. The van der Waals surface area contributed by atoms with Gasteiger partial charge in [0.05, 0.1) is 16.0 Å². The van der Waals surface area contributed by atoms with Gasteiger partial charge < -0.3 is 10.1 Å². The average molecular weight is 397 g/mol. The fourth-order valence-corrected chi connectivity index (χ4v) is 3.35. The molecule has 1 aliphatic rings. The summed E-state index contributed by atoms with van der Waals surface area (Å²) in [5.74, 6) is 0.501. The van der Waals surface area contributed by atoms with Crippen molar-refractivity contribution in [1.82, 2.24) is 10.6 Å². The highest BCUT2D eigenvalue weighted by Gasteiger charge is 2.43. The lowest BCUT2D eigenvalue weighted by molar-refractivity contribution is -0.147. The molecule has 2 rings (SSSR count). The summed E-state index contributed by atoms with van der Waals surface area (Å²) in [6.07, 6.45) is 5.38. The normalized spacial score (nSPS) is 17.9. The standard InChI is InChI=1S/C18H18Cl2N2O4/c1-4-7-26-16(24)14(10-5-6-11(19)12(20)8-10)18(2,3)9-13-15(23)22-17(25)21-13/h1,5-6,8,13-14H,7,9H2,2-3H3,(H2,21,22,23,25). The Kier molecular flexibility index (Phi) is 6.17. The summed E-state index contributed by atoms with van der Waals surface area (Å²) in [5, 5.41) is 5.36. The Morgan fingerprint density at radius 2 is 2.04 bits per heavy atom. The van der Waals surface area contributed by atoms with Gasteiger partial charge in [0.25, 0.3) is 5.91 Å². The molecule has 1 heterocycles. The van der Waals surface area contributed by atoms with Crippen LogP contribution in [0, 0.1) is 17.8 Å². The van der Waals surface area contributed by atoms with E-state index in [0.29, 0.717) is 15.6 Å². The molecule has 138 valence electrons. The number of imide groups is 1. The van der Waals surface area contributed by atoms with Gasteiger partial charge in [-0.25, -0.2) is 4.79 Å². The lowest BCUT2D eigenvalue weighted by Gasteiger charge is -2.34. The van der Waals surface area contributed by atoms with Crippen molar-refractivity contribution in [1.29, 1.82) is 0 Å². The average Bonchev–Trinajstić information content (AvgIpc) is 2.85. The SMILES string of the molecule is C#CCOC(=O)C(c1ccc(Cl)c(Cl)c1)C(C)(C)CC1NC(=O)NC1=O. The molecule has 0 radical (unpaired) electrons. The number of amides is 3. The van der Waals surface area contributed by atoms with E-state index in [4.69, 9.17) is 34.4 Å². The predicted molar refractivity (Wildman–Crippen MR) is 97.9 cm³/mol. The van der Waals surface area contributed by atoms with Crippen LogP contribution in [0.1, 0.15) is 31.7 Å². The molecule has 1 fully saturated rings. The molecule has 0 saturated carbocycles. The zero-order valence-corrected chi connectivity index (χ0v) is 15.8. The molecule has 6 nitrogen and oxygen atoms in total. The molecule has 8 heteroatoms. The number of carbonyl (C=O) groups is 3. The predicted octanol–water partition coefficient (Wildman–Crippen LogP) is 2.88. The second kappa shape index (κ2) is 7.98. The van der Waals surface area contributed by atoms with Crippen molar-refractivity contribution in [2.45, 2.75) is 32.2 Å². The Hall–Kier alpha value is -2.23. The van der Waals surface area contributed by atoms with Gasteiger partial charge in [-0.05, 0) is 29.5 Å². The number of esters is 1. The molecule has 2 N–H and O–H groups in total. The molecule has 26 heavy (non-hydrogen) atoms. The molecule has 1 aliphatic heterocycles. The maximum atomic E-state index is 12.7.